The molecule has 0 spiro atoms. The van der Waals surface area contributed by atoms with Crippen molar-refractivity contribution in [2.75, 3.05) is 32.0 Å². The van der Waals surface area contributed by atoms with Crippen LogP contribution in [0.1, 0.15) is 66.1 Å². The molecule has 2 aromatic rings. The normalized spacial score (nSPS) is 16.9. The van der Waals surface area contributed by atoms with Crippen LogP contribution in [-0.2, 0) is 17.6 Å². The minimum Gasteiger partial charge on any atom is -0.339 e. The van der Waals surface area contributed by atoms with E-state index in [0.717, 1.165) is 61.3 Å². The molecule has 2 aliphatic heterocycles. The summed E-state index contributed by atoms with van der Waals surface area (Å²) in [7, 11) is 2.21. The zero-order chi connectivity index (χ0) is 22.7. The summed E-state index contributed by atoms with van der Waals surface area (Å²) >= 11 is 0. The molecule has 2 aromatic carbocycles. The van der Waals surface area contributed by atoms with E-state index in [2.05, 4.69) is 61.4 Å². The summed E-state index contributed by atoms with van der Waals surface area (Å²) in [5.74, 6) is 0.438. The molecule has 1 saturated heterocycles. The molecule has 32 heavy (non-hydrogen) atoms. The van der Waals surface area contributed by atoms with E-state index in [0.29, 0.717) is 18.9 Å². The fourth-order valence-corrected chi connectivity index (χ4v) is 4.93. The lowest BCUT2D eigenvalue weighted by molar-refractivity contribution is -0.116. The number of benzene rings is 2. The maximum absolute atomic E-state index is 13.3. The summed E-state index contributed by atoms with van der Waals surface area (Å²) in [5, 5.41) is 3.03. The number of likely N-dealkylation sites (N-methyl/N-ethyl adjacent to an activating group) is 1. The van der Waals surface area contributed by atoms with Crippen LogP contribution in [0.2, 0.25) is 0 Å². The number of carbonyl (C=O) groups is 2. The molecule has 2 aliphatic rings. The van der Waals surface area contributed by atoms with Crippen molar-refractivity contribution >= 4 is 17.5 Å². The Bertz CT molecular complexity index is 962. The molecule has 0 saturated carbocycles. The van der Waals surface area contributed by atoms with E-state index >= 15 is 0 Å². The second kappa shape index (κ2) is 9.86. The smallest absolute Gasteiger partial charge is 0.253 e. The average Bonchev–Trinajstić information content (AvgIpc) is 2.82. The van der Waals surface area contributed by atoms with Crippen molar-refractivity contribution in [1.29, 1.82) is 0 Å². The highest BCUT2D eigenvalue weighted by molar-refractivity contribution is 5.99. The number of hydrogen-bond donors (Lipinski definition) is 1. The van der Waals surface area contributed by atoms with Gasteiger partial charge in [0.25, 0.3) is 5.91 Å². The Morgan fingerprint density at radius 3 is 2.53 bits per heavy atom. The van der Waals surface area contributed by atoms with Gasteiger partial charge in [-0.15, -0.1) is 0 Å². The maximum atomic E-state index is 13.3. The highest BCUT2D eigenvalue weighted by Crippen LogP contribution is 2.33. The maximum Gasteiger partial charge on any atom is 0.253 e. The minimum absolute atomic E-state index is 0.0666. The number of amides is 2. The highest BCUT2D eigenvalue weighted by atomic mass is 16.2. The van der Waals surface area contributed by atoms with Crippen LogP contribution in [0.4, 0.5) is 5.69 Å². The Kier molecular flexibility index (Phi) is 6.95. The van der Waals surface area contributed by atoms with Gasteiger partial charge in [-0.3, -0.25) is 9.59 Å². The molecule has 0 atom stereocenters. The van der Waals surface area contributed by atoms with Crippen LogP contribution in [0.5, 0.6) is 0 Å². The zero-order valence-electron chi connectivity index (χ0n) is 19.6. The number of carbonyl (C=O) groups excluding carboxylic acids is 2. The van der Waals surface area contributed by atoms with Crippen molar-refractivity contribution in [3.05, 3.63) is 64.7 Å². The second-order valence-corrected chi connectivity index (χ2v) is 9.54. The van der Waals surface area contributed by atoms with Gasteiger partial charge in [-0.05, 0) is 67.5 Å². The Morgan fingerprint density at radius 1 is 1.12 bits per heavy atom. The number of rotatable bonds is 6. The molecule has 4 rings (SSSR count). The largest absolute Gasteiger partial charge is 0.339 e. The molecule has 1 N–H and O–H groups in total. The lowest BCUT2D eigenvalue weighted by Gasteiger charge is -2.37. The van der Waals surface area contributed by atoms with Gasteiger partial charge in [0.05, 0.1) is 0 Å². The molecule has 5 nitrogen and oxygen atoms in total. The van der Waals surface area contributed by atoms with Gasteiger partial charge in [-0.25, -0.2) is 0 Å². The lowest BCUT2D eigenvalue weighted by atomic mass is 9.90. The summed E-state index contributed by atoms with van der Waals surface area (Å²) in [5.41, 5.74) is 5.21. The van der Waals surface area contributed by atoms with Crippen LogP contribution in [0.15, 0.2) is 42.5 Å². The van der Waals surface area contributed by atoms with Gasteiger partial charge in [0.1, 0.15) is 0 Å². The molecule has 1 fully saturated rings. The number of piperidine rings is 1. The Labute approximate surface area is 191 Å². The van der Waals surface area contributed by atoms with Crippen molar-refractivity contribution < 1.29 is 9.59 Å². The van der Waals surface area contributed by atoms with Gasteiger partial charge in [-0.1, -0.05) is 44.2 Å². The first-order chi connectivity index (χ1) is 15.4. The van der Waals surface area contributed by atoms with E-state index in [-0.39, 0.29) is 17.7 Å². The second-order valence-electron chi connectivity index (χ2n) is 9.54. The summed E-state index contributed by atoms with van der Waals surface area (Å²) in [6, 6.07) is 15.1. The van der Waals surface area contributed by atoms with Crippen molar-refractivity contribution in [2.45, 2.75) is 57.9 Å². The van der Waals surface area contributed by atoms with Crippen LogP contribution in [-0.4, -0.2) is 54.3 Å². The molecule has 2 heterocycles. The van der Waals surface area contributed by atoms with Crippen LogP contribution in [0.3, 0.4) is 0 Å². The molecule has 0 aromatic heterocycles. The summed E-state index contributed by atoms with van der Waals surface area (Å²) in [4.78, 5) is 29.7. The van der Waals surface area contributed by atoms with Crippen molar-refractivity contribution in [2.24, 2.45) is 0 Å². The fourth-order valence-electron chi connectivity index (χ4n) is 4.93. The number of hydrogen-bond acceptors (Lipinski definition) is 3. The monoisotopic (exact) mass is 433 g/mol. The predicted octanol–water partition coefficient (Wildman–Crippen LogP) is 4.47. The van der Waals surface area contributed by atoms with Crippen molar-refractivity contribution in [3.63, 3.8) is 0 Å². The molecule has 5 heteroatoms. The molecule has 0 bridgehead atoms. The SMILES string of the molecule is CC(C)c1cc(C(=O)N2CCC(N(C)CCc3ccccc3)CC2)cc2c1NC(=O)CC2. The van der Waals surface area contributed by atoms with Gasteiger partial charge >= 0.3 is 0 Å². The first-order valence-corrected chi connectivity index (χ1v) is 11.9. The number of nitrogens with zero attached hydrogens (tertiary/aromatic N) is 2. The van der Waals surface area contributed by atoms with Gasteiger partial charge in [-0.2, -0.15) is 0 Å². The summed E-state index contributed by atoms with van der Waals surface area (Å²) < 4.78 is 0. The molecule has 2 amide bonds. The molecule has 170 valence electrons. The van der Waals surface area contributed by atoms with E-state index in [1.54, 1.807) is 0 Å². The van der Waals surface area contributed by atoms with Gasteiger partial charge in [0.2, 0.25) is 5.91 Å². The Morgan fingerprint density at radius 2 is 1.84 bits per heavy atom. The Hall–Kier alpha value is -2.66. The Balaban J connectivity index is 1.38. The number of fused-ring (bicyclic) bond motifs is 1. The summed E-state index contributed by atoms with van der Waals surface area (Å²) in [6.45, 7) is 6.85. The summed E-state index contributed by atoms with van der Waals surface area (Å²) in [6.07, 6.45) is 4.27. The average molecular weight is 434 g/mol. The van der Waals surface area contributed by atoms with Gasteiger partial charge < -0.3 is 15.1 Å². The molecule has 0 aliphatic carbocycles. The van der Waals surface area contributed by atoms with Crippen molar-refractivity contribution in [1.82, 2.24) is 9.80 Å². The van der Waals surface area contributed by atoms with Crippen LogP contribution in [0.25, 0.3) is 0 Å². The third kappa shape index (κ3) is 5.04. The lowest BCUT2D eigenvalue weighted by Crippen LogP contribution is -2.46. The van der Waals surface area contributed by atoms with E-state index in [1.165, 1.54) is 5.56 Å². The minimum atomic E-state index is 0.0666. The standard InChI is InChI=1S/C27H35N3O2/c1-19(2)24-18-22(17-21-9-10-25(31)28-26(21)24)27(32)30-15-12-23(13-16-30)29(3)14-11-20-7-5-4-6-8-20/h4-8,17-19,23H,9-16H2,1-3H3,(H,28,31). The predicted molar refractivity (Wildman–Crippen MR) is 129 cm³/mol. The van der Waals surface area contributed by atoms with E-state index in [9.17, 15) is 9.59 Å². The van der Waals surface area contributed by atoms with Crippen LogP contribution in [0, 0.1) is 0 Å². The first-order valence-electron chi connectivity index (χ1n) is 11.9. The fraction of sp³-hybridized carbons (Fsp3) is 0.481. The number of nitrogens with one attached hydrogen (secondary N) is 1. The molecule has 0 radical (unpaired) electrons. The van der Waals surface area contributed by atoms with E-state index in [4.69, 9.17) is 0 Å². The molecule has 0 unspecified atom stereocenters. The number of aryl methyl sites for hydroxylation is 1. The van der Waals surface area contributed by atoms with Crippen molar-refractivity contribution in [3.8, 4) is 0 Å². The third-order valence-corrected chi connectivity index (χ3v) is 6.98. The van der Waals surface area contributed by atoms with Gasteiger partial charge in [0.15, 0.2) is 0 Å². The van der Waals surface area contributed by atoms with Crippen LogP contribution < -0.4 is 5.32 Å². The molecular weight excluding hydrogens is 398 g/mol. The third-order valence-electron chi connectivity index (χ3n) is 6.98. The number of likely N-dealkylation sites (tertiary alicyclic amines) is 1. The zero-order valence-corrected chi connectivity index (χ0v) is 19.6. The number of anilines is 1. The first kappa shape index (κ1) is 22.5. The van der Waals surface area contributed by atoms with Crippen LogP contribution >= 0.6 is 0 Å². The van der Waals surface area contributed by atoms with Gasteiger partial charge in [0, 0.05) is 43.3 Å². The topological polar surface area (TPSA) is 52.7 Å². The van der Waals surface area contributed by atoms with E-state index < -0.39 is 0 Å². The highest BCUT2D eigenvalue weighted by Gasteiger charge is 2.28. The quantitative estimate of drug-likeness (QED) is 0.731. The molecular formula is C27H35N3O2. The van der Waals surface area contributed by atoms with E-state index in [1.807, 2.05) is 17.0 Å².